The van der Waals surface area contributed by atoms with Gasteiger partial charge in [0.25, 0.3) is 11.6 Å². The fourth-order valence-corrected chi connectivity index (χ4v) is 1.51. The van der Waals surface area contributed by atoms with Gasteiger partial charge in [0.05, 0.1) is 4.92 Å². The van der Waals surface area contributed by atoms with Crippen molar-refractivity contribution in [2.75, 3.05) is 0 Å². The summed E-state index contributed by atoms with van der Waals surface area (Å²) in [7, 11) is 0. The van der Waals surface area contributed by atoms with Gasteiger partial charge in [0, 0.05) is 19.1 Å². The minimum absolute atomic E-state index is 0.0132. The molecule has 0 aliphatic carbocycles. The Hall–Kier alpha value is -2.15. The van der Waals surface area contributed by atoms with E-state index in [1.807, 2.05) is 0 Å². The average Bonchev–Trinajstić information content (AvgIpc) is 2.72. The predicted molar refractivity (Wildman–Crippen MR) is 61.5 cm³/mol. The lowest BCUT2D eigenvalue weighted by atomic mass is 10.3. The van der Waals surface area contributed by atoms with Crippen LogP contribution in [0.2, 0.25) is 5.02 Å². The molecule has 18 heavy (non-hydrogen) atoms. The summed E-state index contributed by atoms with van der Waals surface area (Å²) in [4.78, 5) is 10.0. The summed E-state index contributed by atoms with van der Waals surface area (Å²) in [6, 6.07) is 4.09. The van der Waals surface area contributed by atoms with Crippen LogP contribution < -0.4 is 4.74 Å². The first-order chi connectivity index (χ1) is 8.56. The summed E-state index contributed by atoms with van der Waals surface area (Å²) in [5.41, 5.74) is -0.169. The van der Waals surface area contributed by atoms with Gasteiger partial charge in [0.15, 0.2) is 6.61 Å². The van der Waals surface area contributed by atoms with Crippen molar-refractivity contribution < 1.29 is 14.1 Å². The first-order valence-corrected chi connectivity index (χ1v) is 5.30. The number of nitrogens with zero attached hydrogens (tertiary/aromatic N) is 3. The monoisotopic (exact) mass is 269 g/mol. The molecule has 2 rings (SSSR count). The van der Waals surface area contributed by atoms with Gasteiger partial charge in [-0.15, -0.1) is 10.2 Å². The highest BCUT2D eigenvalue weighted by atomic mass is 35.5. The van der Waals surface area contributed by atoms with E-state index in [0.29, 0.717) is 17.5 Å². The van der Waals surface area contributed by atoms with Crippen LogP contribution in [0.15, 0.2) is 22.6 Å². The summed E-state index contributed by atoms with van der Waals surface area (Å²) in [5.74, 6) is 1.15. The maximum Gasteiger partial charge on any atom is 0.288 e. The lowest BCUT2D eigenvalue weighted by Crippen LogP contribution is -1.96. The summed E-state index contributed by atoms with van der Waals surface area (Å²) in [6.07, 6.45) is 0. The van der Waals surface area contributed by atoms with E-state index in [9.17, 15) is 10.1 Å². The lowest BCUT2D eigenvalue weighted by molar-refractivity contribution is -0.384. The van der Waals surface area contributed by atoms with E-state index in [-0.39, 0.29) is 17.3 Å². The number of hydrogen-bond donors (Lipinski definition) is 0. The molecule has 0 N–H and O–H groups in total. The molecule has 1 heterocycles. The molecule has 0 aliphatic heterocycles. The van der Waals surface area contributed by atoms with E-state index in [0.717, 1.165) is 0 Å². The SMILES string of the molecule is Cc1nnc(COc2ccc([N+](=O)[O-])c(Cl)c2)o1. The number of hydrogen-bond acceptors (Lipinski definition) is 6. The number of benzene rings is 1. The molecule has 0 radical (unpaired) electrons. The second kappa shape index (κ2) is 5.01. The highest BCUT2D eigenvalue weighted by Crippen LogP contribution is 2.28. The summed E-state index contributed by atoms with van der Waals surface area (Å²) in [5, 5.41) is 18.0. The maximum atomic E-state index is 10.6. The van der Waals surface area contributed by atoms with Crippen molar-refractivity contribution in [3.8, 4) is 5.75 Å². The summed E-state index contributed by atoms with van der Waals surface area (Å²) >= 11 is 5.74. The van der Waals surface area contributed by atoms with Crippen LogP contribution in [0, 0.1) is 17.0 Å². The third-order valence-corrected chi connectivity index (χ3v) is 2.35. The Morgan fingerprint density at radius 3 is 2.83 bits per heavy atom. The Balaban J connectivity index is 2.06. The van der Waals surface area contributed by atoms with Crippen molar-refractivity contribution in [3.05, 3.63) is 45.1 Å². The molecule has 0 aliphatic rings. The molecule has 1 aromatic carbocycles. The number of nitro benzene ring substituents is 1. The predicted octanol–water partition coefficient (Wildman–Crippen LogP) is 2.52. The van der Waals surface area contributed by atoms with Crippen LogP contribution in [0.5, 0.6) is 5.75 Å². The molecule has 0 amide bonds. The first-order valence-electron chi connectivity index (χ1n) is 4.92. The molecule has 0 saturated heterocycles. The molecule has 7 nitrogen and oxygen atoms in total. The molecule has 0 saturated carbocycles. The van der Waals surface area contributed by atoms with E-state index in [2.05, 4.69) is 10.2 Å². The standard InChI is InChI=1S/C10H8ClN3O4/c1-6-12-13-10(18-6)5-17-7-2-3-9(14(15)16)8(11)4-7/h2-4H,5H2,1H3. The number of nitro groups is 1. The lowest BCUT2D eigenvalue weighted by Gasteiger charge is -2.03. The van der Waals surface area contributed by atoms with Gasteiger partial charge in [0.2, 0.25) is 5.89 Å². The largest absolute Gasteiger partial charge is 0.484 e. The van der Waals surface area contributed by atoms with Gasteiger partial charge in [-0.25, -0.2) is 0 Å². The van der Waals surface area contributed by atoms with Gasteiger partial charge >= 0.3 is 0 Å². The van der Waals surface area contributed by atoms with Crippen molar-refractivity contribution in [2.24, 2.45) is 0 Å². The van der Waals surface area contributed by atoms with Crippen molar-refractivity contribution in [2.45, 2.75) is 13.5 Å². The molecular weight excluding hydrogens is 262 g/mol. The van der Waals surface area contributed by atoms with Crippen LogP contribution in [0.4, 0.5) is 5.69 Å². The smallest absolute Gasteiger partial charge is 0.288 e. The van der Waals surface area contributed by atoms with Crippen LogP contribution >= 0.6 is 11.6 Å². The first kappa shape index (κ1) is 12.3. The Kier molecular flexibility index (Phi) is 3.42. The van der Waals surface area contributed by atoms with E-state index < -0.39 is 4.92 Å². The molecule has 1 aromatic heterocycles. The Bertz CT molecular complexity index is 584. The molecule has 0 unspecified atom stereocenters. The Morgan fingerprint density at radius 1 is 1.50 bits per heavy atom. The normalized spacial score (nSPS) is 10.3. The highest BCUT2D eigenvalue weighted by Gasteiger charge is 2.13. The summed E-state index contributed by atoms with van der Waals surface area (Å²) < 4.78 is 10.4. The number of ether oxygens (including phenoxy) is 1. The number of halogens is 1. The quantitative estimate of drug-likeness (QED) is 0.625. The molecular formula is C10H8ClN3O4. The second-order valence-electron chi connectivity index (χ2n) is 3.37. The van der Waals surface area contributed by atoms with Crippen LogP contribution in [-0.2, 0) is 6.61 Å². The van der Waals surface area contributed by atoms with E-state index >= 15 is 0 Å². The van der Waals surface area contributed by atoms with Crippen molar-refractivity contribution >= 4 is 17.3 Å². The number of aromatic nitrogens is 2. The minimum Gasteiger partial charge on any atom is -0.484 e. The Morgan fingerprint density at radius 2 is 2.28 bits per heavy atom. The summed E-state index contributed by atoms with van der Waals surface area (Å²) in [6.45, 7) is 1.74. The molecule has 8 heteroatoms. The van der Waals surface area contributed by atoms with Crippen LogP contribution in [0.3, 0.4) is 0 Å². The van der Waals surface area contributed by atoms with Crippen molar-refractivity contribution in [3.63, 3.8) is 0 Å². The van der Waals surface area contributed by atoms with Crippen LogP contribution in [0.25, 0.3) is 0 Å². The average molecular weight is 270 g/mol. The van der Waals surface area contributed by atoms with Gasteiger partial charge in [-0.3, -0.25) is 10.1 Å². The maximum absolute atomic E-state index is 10.6. The van der Waals surface area contributed by atoms with Crippen LogP contribution in [0.1, 0.15) is 11.8 Å². The van der Waals surface area contributed by atoms with E-state index in [4.69, 9.17) is 20.8 Å². The Labute approximate surface area is 106 Å². The van der Waals surface area contributed by atoms with Crippen LogP contribution in [-0.4, -0.2) is 15.1 Å². The topological polar surface area (TPSA) is 91.3 Å². The second-order valence-corrected chi connectivity index (χ2v) is 3.78. The minimum atomic E-state index is -0.562. The van der Waals surface area contributed by atoms with E-state index in [1.54, 1.807) is 6.92 Å². The molecule has 0 bridgehead atoms. The number of rotatable bonds is 4. The van der Waals surface area contributed by atoms with Crippen molar-refractivity contribution in [1.82, 2.24) is 10.2 Å². The molecule has 0 atom stereocenters. The molecule has 2 aromatic rings. The van der Waals surface area contributed by atoms with Gasteiger partial charge in [0.1, 0.15) is 10.8 Å². The molecule has 0 spiro atoms. The zero-order chi connectivity index (χ0) is 13.1. The fraction of sp³-hybridized carbons (Fsp3) is 0.200. The van der Waals surface area contributed by atoms with Gasteiger partial charge in [-0.05, 0) is 6.07 Å². The zero-order valence-corrected chi connectivity index (χ0v) is 10.0. The third-order valence-electron chi connectivity index (χ3n) is 2.05. The van der Waals surface area contributed by atoms with Crippen molar-refractivity contribution in [1.29, 1.82) is 0 Å². The van der Waals surface area contributed by atoms with Gasteiger partial charge in [-0.1, -0.05) is 11.6 Å². The molecule has 0 fully saturated rings. The third kappa shape index (κ3) is 2.75. The zero-order valence-electron chi connectivity index (χ0n) is 9.29. The molecule has 94 valence electrons. The fourth-order valence-electron chi connectivity index (χ4n) is 1.27. The van der Waals surface area contributed by atoms with E-state index in [1.165, 1.54) is 18.2 Å². The van der Waals surface area contributed by atoms with Gasteiger partial charge in [-0.2, -0.15) is 0 Å². The highest BCUT2D eigenvalue weighted by molar-refractivity contribution is 6.32. The van der Waals surface area contributed by atoms with Gasteiger partial charge < -0.3 is 9.15 Å². The number of aryl methyl sites for hydroxylation is 1.